The maximum Gasteiger partial charge on any atom is 0.150 e. The van der Waals surface area contributed by atoms with E-state index >= 15 is 0 Å². The molecular weight excluding hydrogens is 328 g/mol. The van der Waals surface area contributed by atoms with Gasteiger partial charge in [0.1, 0.15) is 0 Å². The Labute approximate surface area is 149 Å². The van der Waals surface area contributed by atoms with Crippen LogP contribution in [0.1, 0.15) is 0 Å². The van der Waals surface area contributed by atoms with Crippen molar-refractivity contribution >= 4 is 33.4 Å². The van der Waals surface area contributed by atoms with Crippen LogP contribution in [0.15, 0.2) is 60.7 Å². The Morgan fingerprint density at radius 3 is 1.52 bits per heavy atom. The van der Waals surface area contributed by atoms with Crippen molar-refractivity contribution in [3.8, 4) is 21.4 Å². The van der Waals surface area contributed by atoms with Crippen molar-refractivity contribution in [2.75, 3.05) is 0 Å². The Balaban J connectivity index is 1.65. The van der Waals surface area contributed by atoms with Crippen LogP contribution in [0.2, 0.25) is 0 Å². The number of thiophene rings is 1. The third kappa shape index (κ3) is 2.13. The zero-order valence-electron chi connectivity index (χ0n) is 14.0. The molecule has 0 amide bonds. The molecule has 3 heterocycles. The molecule has 4 nitrogen and oxygen atoms in total. The predicted octanol–water partition coefficient (Wildman–Crippen LogP) is 4.86. The van der Waals surface area contributed by atoms with E-state index in [1.54, 1.807) is 11.3 Å². The number of hydrogen-bond acceptors (Lipinski definition) is 3. The second-order valence-electron chi connectivity index (χ2n) is 6.13. The highest BCUT2D eigenvalue weighted by molar-refractivity contribution is 7.18. The van der Waals surface area contributed by atoms with Crippen molar-refractivity contribution in [2.24, 2.45) is 14.1 Å². The van der Waals surface area contributed by atoms with Gasteiger partial charge < -0.3 is 9.13 Å². The summed E-state index contributed by atoms with van der Waals surface area (Å²) in [5.41, 5.74) is 4.35. The summed E-state index contributed by atoms with van der Waals surface area (Å²) in [4.78, 5) is 11.9. The molecule has 5 rings (SSSR count). The highest BCUT2D eigenvalue weighted by atomic mass is 32.1. The van der Waals surface area contributed by atoms with Crippen molar-refractivity contribution in [1.82, 2.24) is 19.1 Å². The molecule has 0 spiro atoms. The molecule has 0 saturated carbocycles. The number of aryl methyl sites for hydroxylation is 2. The minimum absolute atomic E-state index is 0.996. The zero-order chi connectivity index (χ0) is 17.0. The van der Waals surface area contributed by atoms with Crippen molar-refractivity contribution in [1.29, 1.82) is 0 Å². The van der Waals surface area contributed by atoms with Gasteiger partial charge in [0.2, 0.25) is 0 Å². The normalized spacial score (nSPS) is 11.6. The van der Waals surface area contributed by atoms with Gasteiger partial charge in [0.25, 0.3) is 0 Å². The Morgan fingerprint density at radius 2 is 1.08 bits per heavy atom. The van der Waals surface area contributed by atoms with Gasteiger partial charge in [-0.3, -0.25) is 0 Å². The van der Waals surface area contributed by atoms with E-state index in [-0.39, 0.29) is 0 Å². The Morgan fingerprint density at radius 1 is 0.640 bits per heavy atom. The molecule has 3 aromatic heterocycles. The van der Waals surface area contributed by atoms with Crippen molar-refractivity contribution < 1.29 is 0 Å². The van der Waals surface area contributed by atoms with Crippen LogP contribution >= 0.6 is 11.3 Å². The summed E-state index contributed by atoms with van der Waals surface area (Å²) >= 11 is 1.73. The van der Waals surface area contributed by atoms with Gasteiger partial charge in [0, 0.05) is 14.1 Å². The monoisotopic (exact) mass is 344 g/mol. The van der Waals surface area contributed by atoms with Crippen molar-refractivity contribution in [3.63, 3.8) is 0 Å². The summed E-state index contributed by atoms with van der Waals surface area (Å²) in [5.74, 6) is 1.99. The summed E-state index contributed by atoms with van der Waals surface area (Å²) in [5, 5.41) is 0. The Bertz CT molecular complexity index is 1130. The van der Waals surface area contributed by atoms with Crippen LogP contribution in [-0.4, -0.2) is 19.1 Å². The largest absolute Gasteiger partial charge is 0.326 e. The Hall–Kier alpha value is -2.92. The van der Waals surface area contributed by atoms with Gasteiger partial charge in [-0.15, -0.1) is 11.3 Å². The number of para-hydroxylation sites is 4. The first-order valence-electron chi connectivity index (χ1n) is 8.16. The molecule has 0 radical (unpaired) electrons. The molecule has 122 valence electrons. The molecule has 2 aromatic carbocycles. The average Bonchev–Trinajstić information content (AvgIpc) is 3.32. The lowest BCUT2D eigenvalue weighted by Gasteiger charge is -2.00. The number of hydrogen-bond donors (Lipinski definition) is 0. The minimum Gasteiger partial charge on any atom is -0.326 e. The molecule has 5 heteroatoms. The van der Waals surface area contributed by atoms with Crippen molar-refractivity contribution in [2.45, 2.75) is 0 Å². The standard InChI is InChI=1S/C20H16N4S/c1-23-15-9-5-3-7-13(15)21-19(23)17-11-12-18(25-17)20-22-14-8-4-6-10-16(14)24(20)2/h3-12H,1-2H3. The summed E-state index contributed by atoms with van der Waals surface area (Å²) < 4.78 is 4.31. The summed E-state index contributed by atoms with van der Waals surface area (Å²) in [6.07, 6.45) is 0. The fraction of sp³-hybridized carbons (Fsp3) is 0.100. The molecule has 0 fully saturated rings. The molecule has 25 heavy (non-hydrogen) atoms. The molecule has 0 unspecified atom stereocenters. The molecule has 0 atom stereocenters. The third-order valence-corrected chi connectivity index (χ3v) is 5.70. The van der Waals surface area contributed by atoms with Gasteiger partial charge >= 0.3 is 0 Å². The number of rotatable bonds is 2. The highest BCUT2D eigenvalue weighted by Gasteiger charge is 2.15. The SMILES string of the molecule is Cn1c(-c2ccc(-c3nc4ccccc4n3C)s2)nc2ccccc21. The van der Waals surface area contributed by atoms with Crippen LogP contribution in [0, 0.1) is 0 Å². The van der Waals surface area contributed by atoms with E-state index < -0.39 is 0 Å². The topological polar surface area (TPSA) is 35.6 Å². The van der Waals surface area contributed by atoms with Crippen LogP contribution in [0.3, 0.4) is 0 Å². The number of fused-ring (bicyclic) bond motifs is 2. The summed E-state index contributed by atoms with van der Waals surface area (Å²) in [7, 11) is 4.14. The van der Waals surface area contributed by atoms with Gasteiger partial charge in [-0.05, 0) is 36.4 Å². The molecule has 0 saturated heterocycles. The Kier molecular flexibility index (Phi) is 3.05. The minimum atomic E-state index is 0.996. The van der Waals surface area contributed by atoms with Crippen molar-refractivity contribution in [3.05, 3.63) is 60.7 Å². The van der Waals surface area contributed by atoms with Gasteiger partial charge in [0.05, 0.1) is 31.8 Å². The highest BCUT2D eigenvalue weighted by Crippen LogP contribution is 2.35. The lowest BCUT2D eigenvalue weighted by Crippen LogP contribution is -1.90. The zero-order valence-corrected chi connectivity index (χ0v) is 14.8. The van der Waals surface area contributed by atoms with Crippen LogP contribution in [0.25, 0.3) is 43.5 Å². The third-order valence-electron chi connectivity index (χ3n) is 4.62. The summed E-state index contributed by atoms with van der Waals surface area (Å²) in [6.45, 7) is 0. The first kappa shape index (κ1) is 14.4. The van der Waals surface area contributed by atoms with Crippen LogP contribution < -0.4 is 0 Å². The second-order valence-corrected chi connectivity index (χ2v) is 7.21. The first-order chi connectivity index (χ1) is 12.2. The number of nitrogens with zero attached hydrogens (tertiary/aromatic N) is 4. The molecule has 0 bridgehead atoms. The van der Waals surface area contributed by atoms with E-state index in [2.05, 4.69) is 59.6 Å². The lowest BCUT2D eigenvalue weighted by molar-refractivity contribution is 0.963. The molecule has 0 aliphatic carbocycles. The van der Waals surface area contributed by atoms with E-state index in [4.69, 9.17) is 9.97 Å². The van der Waals surface area contributed by atoms with E-state index in [0.29, 0.717) is 0 Å². The number of imidazole rings is 2. The molecule has 5 aromatic rings. The fourth-order valence-electron chi connectivity index (χ4n) is 3.31. The van der Waals surface area contributed by atoms with Crippen LogP contribution in [0.5, 0.6) is 0 Å². The lowest BCUT2D eigenvalue weighted by atomic mass is 10.3. The molecule has 0 N–H and O–H groups in total. The van der Waals surface area contributed by atoms with Gasteiger partial charge in [-0.2, -0.15) is 0 Å². The van der Waals surface area contributed by atoms with E-state index in [9.17, 15) is 0 Å². The predicted molar refractivity (Wildman–Crippen MR) is 104 cm³/mol. The second kappa shape index (κ2) is 5.29. The van der Waals surface area contributed by atoms with Gasteiger partial charge in [-0.1, -0.05) is 24.3 Å². The van der Waals surface area contributed by atoms with Crippen LogP contribution in [0.4, 0.5) is 0 Å². The molecule has 0 aliphatic heterocycles. The van der Waals surface area contributed by atoms with E-state index in [0.717, 1.165) is 43.5 Å². The number of benzene rings is 2. The maximum absolute atomic E-state index is 4.80. The smallest absolute Gasteiger partial charge is 0.150 e. The summed E-state index contributed by atoms with van der Waals surface area (Å²) in [6, 6.07) is 20.7. The van der Waals surface area contributed by atoms with Gasteiger partial charge in [0.15, 0.2) is 11.6 Å². The van der Waals surface area contributed by atoms with E-state index in [1.807, 2.05) is 24.3 Å². The molecular formula is C20H16N4S. The number of aromatic nitrogens is 4. The average molecular weight is 344 g/mol. The fourth-order valence-corrected chi connectivity index (χ4v) is 4.37. The van der Waals surface area contributed by atoms with E-state index in [1.165, 1.54) is 0 Å². The van der Waals surface area contributed by atoms with Gasteiger partial charge in [-0.25, -0.2) is 9.97 Å². The first-order valence-corrected chi connectivity index (χ1v) is 8.97. The quantitative estimate of drug-likeness (QED) is 0.459. The maximum atomic E-state index is 4.80. The molecule has 0 aliphatic rings. The van der Waals surface area contributed by atoms with Crippen LogP contribution in [-0.2, 0) is 14.1 Å².